The second kappa shape index (κ2) is 6.28. The van der Waals surface area contributed by atoms with Gasteiger partial charge in [0.25, 0.3) is 0 Å². The van der Waals surface area contributed by atoms with Crippen LogP contribution >= 0.6 is 11.8 Å². The molecule has 1 aromatic rings. The number of carbonyl (C=O) groups is 1. The zero-order valence-electron chi connectivity index (χ0n) is 12.8. The van der Waals surface area contributed by atoms with E-state index in [1.54, 1.807) is 17.8 Å². The molecular weight excluding hydrogens is 284 g/mol. The molecule has 1 amide bonds. The fraction of sp³-hybridized carbons (Fsp3) is 0.562. The summed E-state index contributed by atoms with van der Waals surface area (Å²) in [5.74, 6) is 0.380. The number of hydrogen-bond donors (Lipinski definition) is 3. The molecule has 5 heteroatoms. The summed E-state index contributed by atoms with van der Waals surface area (Å²) in [7, 11) is 0. The van der Waals surface area contributed by atoms with Crippen molar-refractivity contribution in [2.75, 3.05) is 5.75 Å². The second-order valence-corrected chi connectivity index (χ2v) is 7.06. The number of benzene rings is 1. The van der Waals surface area contributed by atoms with Gasteiger partial charge in [-0.25, -0.2) is 0 Å². The van der Waals surface area contributed by atoms with Gasteiger partial charge in [-0.2, -0.15) is 0 Å². The number of quaternary nitrogens is 1. The van der Waals surface area contributed by atoms with Crippen molar-refractivity contribution in [1.82, 2.24) is 0 Å². The molecule has 1 aliphatic carbocycles. The highest BCUT2D eigenvalue weighted by Gasteiger charge is 2.47. The molecule has 6 N–H and O–H groups in total. The zero-order valence-corrected chi connectivity index (χ0v) is 13.6. The number of thioether (sulfide) groups is 1. The highest BCUT2D eigenvalue weighted by molar-refractivity contribution is 8.00. The molecule has 0 bridgehead atoms. The normalized spacial score (nSPS) is 23.6. The third kappa shape index (κ3) is 2.90. The molecule has 0 aliphatic heterocycles. The van der Waals surface area contributed by atoms with Gasteiger partial charge in [-0.15, -0.1) is 11.8 Å². The number of hydrogen-bond acceptors (Lipinski definition) is 3. The van der Waals surface area contributed by atoms with Crippen LogP contribution in [0.15, 0.2) is 18.2 Å². The number of fused-ring (bicyclic) bond motifs is 1. The van der Waals surface area contributed by atoms with E-state index in [1.165, 1.54) is 11.1 Å². The minimum absolute atomic E-state index is 0.0400. The first-order valence-corrected chi connectivity index (χ1v) is 8.54. The highest BCUT2D eigenvalue weighted by atomic mass is 32.2. The molecule has 0 heterocycles. The van der Waals surface area contributed by atoms with Gasteiger partial charge in [0.05, 0.1) is 11.0 Å². The van der Waals surface area contributed by atoms with E-state index in [4.69, 9.17) is 5.73 Å². The Kier molecular flexibility index (Phi) is 4.84. The van der Waals surface area contributed by atoms with Crippen LogP contribution in [0.25, 0.3) is 0 Å². The first-order chi connectivity index (χ1) is 9.94. The Morgan fingerprint density at radius 1 is 1.48 bits per heavy atom. The van der Waals surface area contributed by atoms with Gasteiger partial charge in [0.2, 0.25) is 5.91 Å². The SMILES string of the molecule is CCC1(CC)c2cc(O)ccc2CC(SCC(N)=O)C1[NH3+]. The number of phenolic OH excluding ortho intramolecular Hbond substituents is 1. The van der Waals surface area contributed by atoms with Crippen LogP contribution in [0.5, 0.6) is 5.75 Å². The van der Waals surface area contributed by atoms with Crippen molar-refractivity contribution in [3.63, 3.8) is 0 Å². The smallest absolute Gasteiger partial charge is 0.227 e. The summed E-state index contributed by atoms with van der Waals surface area (Å²) in [5, 5.41) is 10.1. The van der Waals surface area contributed by atoms with Crippen molar-refractivity contribution in [2.45, 2.75) is 49.8 Å². The van der Waals surface area contributed by atoms with Crippen molar-refractivity contribution >= 4 is 17.7 Å². The molecule has 1 aromatic carbocycles. The van der Waals surface area contributed by atoms with Gasteiger partial charge in [-0.3, -0.25) is 4.79 Å². The predicted molar refractivity (Wildman–Crippen MR) is 86.2 cm³/mol. The molecule has 2 unspecified atom stereocenters. The molecule has 1 aliphatic rings. The first kappa shape index (κ1) is 16.2. The van der Waals surface area contributed by atoms with Gasteiger partial charge in [0, 0.05) is 5.41 Å². The number of amides is 1. The fourth-order valence-corrected chi connectivity index (χ4v) is 4.81. The number of nitrogens with two attached hydrogens (primary N) is 1. The Labute approximate surface area is 130 Å². The first-order valence-electron chi connectivity index (χ1n) is 7.50. The van der Waals surface area contributed by atoms with Crippen molar-refractivity contribution in [3.05, 3.63) is 29.3 Å². The molecule has 4 nitrogen and oxygen atoms in total. The maximum atomic E-state index is 11.1. The molecule has 0 aromatic heterocycles. The molecule has 0 spiro atoms. The molecule has 0 saturated heterocycles. The largest absolute Gasteiger partial charge is 0.508 e. The summed E-state index contributed by atoms with van der Waals surface area (Å²) in [4.78, 5) is 11.1. The Morgan fingerprint density at radius 3 is 2.71 bits per heavy atom. The van der Waals surface area contributed by atoms with Crippen molar-refractivity contribution in [1.29, 1.82) is 0 Å². The van der Waals surface area contributed by atoms with Gasteiger partial charge in [0.1, 0.15) is 11.8 Å². The Hall–Kier alpha value is -1.20. The minimum Gasteiger partial charge on any atom is -0.508 e. The lowest BCUT2D eigenvalue weighted by atomic mass is 9.63. The van der Waals surface area contributed by atoms with Gasteiger partial charge in [-0.1, -0.05) is 19.9 Å². The van der Waals surface area contributed by atoms with E-state index in [0.29, 0.717) is 11.5 Å². The summed E-state index contributed by atoms with van der Waals surface area (Å²) >= 11 is 1.61. The van der Waals surface area contributed by atoms with E-state index in [1.807, 2.05) is 12.1 Å². The topological polar surface area (TPSA) is 91.0 Å². The lowest BCUT2D eigenvalue weighted by molar-refractivity contribution is -0.439. The van der Waals surface area contributed by atoms with Gasteiger partial charge >= 0.3 is 0 Å². The fourth-order valence-electron chi connectivity index (χ4n) is 3.64. The Bertz CT molecular complexity index is 529. The van der Waals surface area contributed by atoms with Crippen molar-refractivity contribution in [2.24, 2.45) is 5.73 Å². The summed E-state index contributed by atoms with van der Waals surface area (Å²) in [5.41, 5.74) is 12.2. The monoisotopic (exact) mass is 309 g/mol. The lowest BCUT2D eigenvalue weighted by Crippen LogP contribution is -2.75. The minimum atomic E-state index is -0.276. The molecule has 21 heavy (non-hydrogen) atoms. The molecule has 0 saturated carbocycles. The molecule has 0 fully saturated rings. The zero-order chi connectivity index (χ0) is 15.6. The van der Waals surface area contributed by atoms with Crippen molar-refractivity contribution in [3.8, 4) is 5.75 Å². The van der Waals surface area contributed by atoms with Crippen LogP contribution in [0.1, 0.15) is 37.8 Å². The third-order valence-corrected chi connectivity index (χ3v) is 6.29. The Balaban J connectivity index is 2.42. The van der Waals surface area contributed by atoms with Crippen LogP contribution in [0.2, 0.25) is 0 Å². The molecular formula is C16H25N2O2S+. The van der Waals surface area contributed by atoms with E-state index >= 15 is 0 Å². The van der Waals surface area contributed by atoms with E-state index < -0.39 is 0 Å². The molecule has 2 atom stereocenters. The third-order valence-electron chi connectivity index (χ3n) is 4.91. The molecule has 2 rings (SSSR count). The average molecular weight is 309 g/mol. The standard InChI is InChI=1S/C16H24N2O2S/c1-3-16(4-2)12-8-11(19)6-5-10(12)7-13(15(16)18)21-9-14(17)20/h5-6,8,13,15,19H,3-4,7,9,18H2,1-2H3,(H2,17,20)/p+1. The summed E-state index contributed by atoms with van der Waals surface area (Å²) in [6.07, 6.45) is 2.83. The van der Waals surface area contributed by atoms with Gasteiger partial charge < -0.3 is 16.6 Å². The number of carbonyl (C=O) groups excluding carboxylic acids is 1. The van der Waals surface area contributed by atoms with Gasteiger partial charge in [0.15, 0.2) is 0 Å². The van der Waals surface area contributed by atoms with E-state index in [2.05, 4.69) is 19.6 Å². The number of aromatic hydroxyl groups is 1. The maximum Gasteiger partial charge on any atom is 0.227 e. The summed E-state index contributed by atoms with van der Waals surface area (Å²) < 4.78 is 0. The second-order valence-electron chi connectivity index (χ2n) is 5.83. The van der Waals surface area contributed by atoms with Crippen LogP contribution in [-0.2, 0) is 16.6 Å². The average Bonchev–Trinajstić information content (AvgIpc) is 2.46. The van der Waals surface area contributed by atoms with Crippen LogP contribution in [0.3, 0.4) is 0 Å². The van der Waals surface area contributed by atoms with E-state index in [0.717, 1.165) is 19.3 Å². The maximum absolute atomic E-state index is 11.1. The van der Waals surface area contributed by atoms with E-state index in [9.17, 15) is 9.90 Å². The quantitative estimate of drug-likeness (QED) is 0.763. The lowest BCUT2D eigenvalue weighted by Gasteiger charge is -2.44. The predicted octanol–water partition coefficient (Wildman–Crippen LogP) is 1.20. The van der Waals surface area contributed by atoms with Crippen molar-refractivity contribution < 1.29 is 15.6 Å². The molecule has 116 valence electrons. The number of primary amides is 1. The Morgan fingerprint density at radius 2 is 2.14 bits per heavy atom. The van der Waals surface area contributed by atoms with Crippen LogP contribution in [-0.4, -0.2) is 28.1 Å². The van der Waals surface area contributed by atoms with Crippen LogP contribution in [0, 0.1) is 0 Å². The number of phenols is 1. The number of rotatable bonds is 5. The summed E-state index contributed by atoms with van der Waals surface area (Å²) in [6, 6.07) is 5.85. The molecule has 0 radical (unpaired) electrons. The summed E-state index contributed by atoms with van der Waals surface area (Å²) in [6.45, 7) is 4.35. The highest BCUT2D eigenvalue weighted by Crippen LogP contribution is 2.45. The van der Waals surface area contributed by atoms with Gasteiger partial charge in [-0.05, 0) is 42.5 Å². The van der Waals surface area contributed by atoms with Crippen LogP contribution < -0.4 is 11.5 Å². The van der Waals surface area contributed by atoms with Crippen LogP contribution in [0.4, 0.5) is 0 Å². The van der Waals surface area contributed by atoms with E-state index in [-0.39, 0.29) is 22.6 Å².